The van der Waals surface area contributed by atoms with Crippen molar-refractivity contribution in [3.63, 3.8) is 0 Å². The number of hydrogen-bond donors (Lipinski definition) is 0. The second-order valence-corrected chi connectivity index (χ2v) is 6.09. The second kappa shape index (κ2) is 6.01. The summed E-state index contributed by atoms with van der Waals surface area (Å²) >= 11 is 5.99. The quantitative estimate of drug-likeness (QED) is 0.764. The van der Waals surface area contributed by atoms with E-state index < -0.39 is 0 Å². The number of benzene rings is 1. The first-order valence-corrected chi connectivity index (χ1v) is 7.97. The molecule has 106 valence electrons. The number of fused-ring (bicyclic) bond motifs is 1. The molecule has 0 aliphatic heterocycles. The van der Waals surface area contributed by atoms with Gasteiger partial charge < -0.3 is 4.90 Å². The highest BCUT2D eigenvalue weighted by Gasteiger charge is 2.18. The molecule has 0 unspecified atom stereocenters. The van der Waals surface area contributed by atoms with Crippen LogP contribution < -0.4 is 4.90 Å². The van der Waals surface area contributed by atoms with Gasteiger partial charge in [0, 0.05) is 19.0 Å². The molecule has 1 saturated carbocycles. The fraction of sp³-hybridized carbons (Fsp3) is 0.471. The molecule has 1 aliphatic rings. The van der Waals surface area contributed by atoms with Gasteiger partial charge in [-0.05, 0) is 30.2 Å². The van der Waals surface area contributed by atoms with Crippen LogP contribution in [0.4, 0.5) is 5.82 Å². The standard InChI is InChI=1S/C17H21ClN2/c1-20(12-13-6-2-3-7-13)17-16-9-5-4-8-14(16)10-15(11-18)19-17/h4-5,8-10,13H,2-3,6-7,11-12H2,1H3. The molecule has 1 fully saturated rings. The Balaban J connectivity index is 1.95. The molecule has 2 aromatic rings. The number of pyridine rings is 1. The van der Waals surface area contributed by atoms with Crippen molar-refractivity contribution in [1.82, 2.24) is 4.98 Å². The molecule has 2 nitrogen and oxygen atoms in total. The fourth-order valence-corrected chi connectivity index (χ4v) is 3.40. The van der Waals surface area contributed by atoms with Gasteiger partial charge in [-0.2, -0.15) is 0 Å². The first-order valence-electron chi connectivity index (χ1n) is 7.43. The summed E-state index contributed by atoms with van der Waals surface area (Å²) in [6, 6.07) is 10.5. The van der Waals surface area contributed by atoms with E-state index in [2.05, 4.69) is 42.3 Å². The number of nitrogens with zero attached hydrogens (tertiary/aromatic N) is 2. The van der Waals surface area contributed by atoms with Gasteiger partial charge in [-0.1, -0.05) is 37.1 Å². The Morgan fingerprint density at radius 1 is 1.25 bits per heavy atom. The lowest BCUT2D eigenvalue weighted by Crippen LogP contribution is -2.25. The number of alkyl halides is 1. The lowest BCUT2D eigenvalue weighted by Gasteiger charge is -2.24. The molecular weight excluding hydrogens is 268 g/mol. The number of halogens is 1. The van der Waals surface area contributed by atoms with Crippen LogP contribution in [0.3, 0.4) is 0 Å². The van der Waals surface area contributed by atoms with Crippen LogP contribution in [0.2, 0.25) is 0 Å². The Morgan fingerprint density at radius 3 is 2.75 bits per heavy atom. The highest BCUT2D eigenvalue weighted by molar-refractivity contribution is 6.17. The predicted molar refractivity (Wildman–Crippen MR) is 86.5 cm³/mol. The van der Waals surface area contributed by atoms with Crippen LogP contribution in [0.25, 0.3) is 10.8 Å². The van der Waals surface area contributed by atoms with Crippen molar-refractivity contribution in [2.45, 2.75) is 31.6 Å². The van der Waals surface area contributed by atoms with Crippen molar-refractivity contribution in [3.05, 3.63) is 36.0 Å². The van der Waals surface area contributed by atoms with E-state index in [0.29, 0.717) is 5.88 Å². The smallest absolute Gasteiger partial charge is 0.136 e. The van der Waals surface area contributed by atoms with Gasteiger partial charge in [0.1, 0.15) is 5.82 Å². The second-order valence-electron chi connectivity index (χ2n) is 5.82. The minimum atomic E-state index is 0.467. The Kier molecular flexibility index (Phi) is 4.11. The van der Waals surface area contributed by atoms with Gasteiger partial charge >= 0.3 is 0 Å². The molecule has 0 bridgehead atoms. The Hall–Kier alpha value is -1.28. The molecule has 1 aromatic heterocycles. The predicted octanol–water partition coefficient (Wildman–Crippen LogP) is 4.60. The molecule has 0 spiro atoms. The van der Waals surface area contributed by atoms with Crippen LogP contribution in [-0.2, 0) is 5.88 Å². The van der Waals surface area contributed by atoms with Crippen molar-refractivity contribution in [3.8, 4) is 0 Å². The molecule has 3 heteroatoms. The molecule has 3 rings (SSSR count). The van der Waals surface area contributed by atoms with Gasteiger partial charge in [-0.25, -0.2) is 4.98 Å². The van der Waals surface area contributed by atoms with E-state index in [0.717, 1.165) is 24.0 Å². The summed E-state index contributed by atoms with van der Waals surface area (Å²) in [4.78, 5) is 7.07. The molecule has 0 radical (unpaired) electrons. The van der Waals surface area contributed by atoms with Crippen molar-refractivity contribution in [1.29, 1.82) is 0 Å². The Labute approximate surface area is 125 Å². The lowest BCUT2D eigenvalue weighted by atomic mass is 10.1. The summed E-state index contributed by atoms with van der Waals surface area (Å²) in [7, 11) is 2.16. The summed E-state index contributed by atoms with van der Waals surface area (Å²) in [5.74, 6) is 2.36. The van der Waals surface area contributed by atoms with Gasteiger partial charge in [-0.15, -0.1) is 11.6 Å². The third kappa shape index (κ3) is 2.76. The van der Waals surface area contributed by atoms with Crippen LogP contribution in [0.1, 0.15) is 31.4 Å². The third-order valence-corrected chi connectivity index (χ3v) is 4.55. The number of anilines is 1. The normalized spacial score (nSPS) is 15.9. The summed E-state index contributed by atoms with van der Waals surface area (Å²) in [6.07, 6.45) is 5.48. The molecule has 0 amide bonds. The average molecular weight is 289 g/mol. The zero-order valence-electron chi connectivity index (χ0n) is 12.0. The van der Waals surface area contributed by atoms with Crippen molar-refractivity contribution in [2.75, 3.05) is 18.5 Å². The van der Waals surface area contributed by atoms with Crippen molar-refractivity contribution >= 4 is 28.2 Å². The highest BCUT2D eigenvalue weighted by Crippen LogP contribution is 2.30. The maximum absolute atomic E-state index is 5.99. The van der Waals surface area contributed by atoms with Crippen molar-refractivity contribution in [2.24, 2.45) is 5.92 Å². The topological polar surface area (TPSA) is 16.1 Å². The largest absolute Gasteiger partial charge is 0.359 e. The van der Waals surface area contributed by atoms with Crippen LogP contribution in [0.5, 0.6) is 0 Å². The zero-order chi connectivity index (χ0) is 13.9. The number of hydrogen-bond acceptors (Lipinski definition) is 2. The van der Waals surface area contributed by atoms with E-state index in [9.17, 15) is 0 Å². The summed E-state index contributed by atoms with van der Waals surface area (Å²) < 4.78 is 0. The molecular formula is C17H21ClN2. The fourth-order valence-electron chi connectivity index (χ4n) is 3.26. The van der Waals surface area contributed by atoms with Crippen LogP contribution >= 0.6 is 11.6 Å². The zero-order valence-corrected chi connectivity index (χ0v) is 12.7. The van der Waals surface area contributed by atoms with Crippen LogP contribution in [0, 0.1) is 5.92 Å². The lowest BCUT2D eigenvalue weighted by molar-refractivity contribution is 0.545. The molecule has 0 atom stereocenters. The van der Waals surface area contributed by atoms with E-state index in [1.54, 1.807) is 0 Å². The van der Waals surface area contributed by atoms with Crippen LogP contribution in [0.15, 0.2) is 30.3 Å². The van der Waals surface area contributed by atoms with Gasteiger partial charge in [0.05, 0.1) is 11.6 Å². The average Bonchev–Trinajstić information content (AvgIpc) is 2.98. The van der Waals surface area contributed by atoms with Crippen LogP contribution in [-0.4, -0.2) is 18.6 Å². The minimum Gasteiger partial charge on any atom is -0.359 e. The van der Waals surface area contributed by atoms with E-state index in [-0.39, 0.29) is 0 Å². The van der Waals surface area contributed by atoms with E-state index in [1.165, 1.54) is 36.5 Å². The SMILES string of the molecule is CN(CC1CCCC1)c1nc(CCl)cc2ccccc12. The third-order valence-electron chi connectivity index (χ3n) is 4.28. The van der Waals surface area contributed by atoms with E-state index in [4.69, 9.17) is 16.6 Å². The summed E-state index contributed by atoms with van der Waals surface area (Å²) in [5, 5.41) is 2.45. The van der Waals surface area contributed by atoms with Crippen molar-refractivity contribution < 1.29 is 0 Å². The maximum Gasteiger partial charge on any atom is 0.136 e. The first-order chi connectivity index (χ1) is 9.78. The van der Waals surface area contributed by atoms with Gasteiger partial charge in [-0.3, -0.25) is 0 Å². The first kappa shape index (κ1) is 13.7. The Bertz CT molecular complexity index is 591. The van der Waals surface area contributed by atoms with E-state index in [1.807, 2.05) is 0 Å². The highest BCUT2D eigenvalue weighted by atomic mass is 35.5. The number of aromatic nitrogens is 1. The summed E-state index contributed by atoms with van der Waals surface area (Å²) in [5.41, 5.74) is 0.957. The maximum atomic E-state index is 5.99. The van der Waals surface area contributed by atoms with Gasteiger partial charge in [0.25, 0.3) is 0 Å². The molecule has 1 aliphatic carbocycles. The molecule has 1 heterocycles. The Morgan fingerprint density at radius 2 is 2.00 bits per heavy atom. The molecule has 20 heavy (non-hydrogen) atoms. The number of rotatable bonds is 4. The van der Waals surface area contributed by atoms with E-state index >= 15 is 0 Å². The van der Waals surface area contributed by atoms with Gasteiger partial charge in [0.2, 0.25) is 0 Å². The molecule has 1 aromatic carbocycles. The molecule has 0 saturated heterocycles. The molecule has 0 N–H and O–H groups in total. The monoisotopic (exact) mass is 288 g/mol. The summed E-state index contributed by atoms with van der Waals surface area (Å²) in [6.45, 7) is 1.10. The minimum absolute atomic E-state index is 0.467. The van der Waals surface area contributed by atoms with Gasteiger partial charge in [0.15, 0.2) is 0 Å².